The van der Waals surface area contributed by atoms with E-state index in [4.69, 9.17) is 9.26 Å². The summed E-state index contributed by atoms with van der Waals surface area (Å²) in [4.78, 5) is 28.0. The lowest BCUT2D eigenvalue weighted by molar-refractivity contribution is -0.143. The molecule has 0 fully saturated rings. The van der Waals surface area contributed by atoms with E-state index in [0.29, 0.717) is 48.4 Å². The summed E-state index contributed by atoms with van der Waals surface area (Å²) in [7, 11) is -2.41. The minimum Gasteiger partial charge on any atom is -0.383 e. The average Bonchev–Trinajstić information content (AvgIpc) is 3.25. The van der Waals surface area contributed by atoms with Crippen LogP contribution in [0.15, 0.2) is 57.9 Å². The topological polar surface area (TPSA) is 131 Å². The summed E-state index contributed by atoms with van der Waals surface area (Å²) in [6.45, 7) is 10.2. The molecule has 0 aliphatic heterocycles. The zero-order valence-electron chi connectivity index (χ0n) is 24.6. The van der Waals surface area contributed by atoms with Gasteiger partial charge in [0.15, 0.2) is 0 Å². The highest BCUT2D eigenvalue weighted by Gasteiger charge is 2.32. The first-order valence-corrected chi connectivity index (χ1v) is 15.2. The van der Waals surface area contributed by atoms with Gasteiger partial charge >= 0.3 is 0 Å². The molecule has 41 heavy (non-hydrogen) atoms. The van der Waals surface area contributed by atoms with Crippen molar-refractivity contribution in [1.29, 1.82) is 0 Å². The van der Waals surface area contributed by atoms with E-state index in [2.05, 4.69) is 15.2 Å². The Balaban J connectivity index is 1.89. The molecule has 2 aromatic carbocycles. The fourth-order valence-electron chi connectivity index (χ4n) is 4.50. The molecule has 11 heteroatoms. The van der Waals surface area contributed by atoms with E-state index < -0.39 is 16.1 Å². The number of amides is 2. The zero-order valence-corrected chi connectivity index (χ0v) is 25.4. The van der Waals surface area contributed by atoms with Crippen LogP contribution in [0.2, 0.25) is 0 Å². The van der Waals surface area contributed by atoms with Crippen LogP contribution in [-0.2, 0) is 30.9 Å². The first kappa shape index (κ1) is 31.8. The number of anilines is 1. The lowest BCUT2D eigenvalue weighted by Gasteiger charge is -2.34. The number of nitrogens with zero attached hydrogens (tertiary/aromatic N) is 2. The number of ether oxygens (including phenoxy) is 1. The Morgan fingerprint density at radius 1 is 1.07 bits per heavy atom. The maximum absolute atomic E-state index is 13.3. The van der Waals surface area contributed by atoms with Crippen molar-refractivity contribution in [3.05, 3.63) is 65.4 Å². The van der Waals surface area contributed by atoms with Crippen LogP contribution in [0, 0.1) is 19.8 Å². The Morgan fingerprint density at radius 2 is 1.76 bits per heavy atom. The smallest absolute Gasteiger partial charge is 0.264 e. The molecule has 2 amide bonds. The van der Waals surface area contributed by atoms with E-state index in [9.17, 15) is 18.0 Å². The minimum atomic E-state index is -3.98. The second-order valence-electron chi connectivity index (χ2n) is 10.3. The Morgan fingerprint density at radius 3 is 2.34 bits per heavy atom. The molecule has 2 N–H and O–H groups in total. The van der Waals surface area contributed by atoms with Gasteiger partial charge < -0.3 is 19.5 Å². The van der Waals surface area contributed by atoms with Gasteiger partial charge in [-0.05, 0) is 43.4 Å². The number of hydrogen-bond donors (Lipinski definition) is 2. The number of sulfonamides is 1. The van der Waals surface area contributed by atoms with Gasteiger partial charge in [-0.2, -0.15) is 0 Å². The summed E-state index contributed by atoms with van der Waals surface area (Å²) in [5.74, 6) is -0.353. The van der Waals surface area contributed by atoms with Gasteiger partial charge in [-0.15, -0.1) is 0 Å². The molecule has 0 spiro atoms. The summed E-state index contributed by atoms with van der Waals surface area (Å²) >= 11 is 0. The molecule has 0 saturated heterocycles. The first-order valence-electron chi connectivity index (χ1n) is 13.7. The second-order valence-corrected chi connectivity index (χ2v) is 11.9. The molecule has 1 aromatic heterocycles. The molecule has 222 valence electrons. The lowest BCUT2D eigenvalue weighted by Crippen LogP contribution is -2.52. The van der Waals surface area contributed by atoms with Crippen molar-refractivity contribution in [3.63, 3.8) is 0 Å². The predicted molar refractivity (Wildman–Crippen MR) is 158 cm³/mol. The van der Waals surface area contributed by atoms with Gasteiger partial charge in [-0.3, -0.25) is 9.59 Å². The SMILES string of the molecule is CCCC(=O)N(Cc1ccc(-c2ccccc2S(=O)(=O)Nc2onc(C)c2C)cc1)[C@H](C(=O)NCCOC)C(C)C. The first-order chi connectivity index (χ1) is 19.5. The summed E-state index contributed by atoms with van der Waals surface area (Å²) in [5, 5.41) is 6.69. The third kappa shape index (κ3) is 7.95. The molecular formula is C30H40N4O6S. The number of methoxy groups -OCH3 is 1. The van der Waals surface area contributed by atoms with Crippen molar-refractivity contribution in [2.24, 2.45) is 5.92 Å². The molecule has 0 unspecified atom stereocenters. The number of carbonyl (C=O) groups excluding carboxylic acids is 2. The van der Waals surface area contributed by atoms with Crippen LogP contribution in [0.4, 0.5) is 5.88 Å². The Kier molecular flexibility index (Phi) is 11.1. The number of carbonyl (C=O) groups is 2. The maximum Gasteiger partial charge on any atom is 0.264 e. The van der Waals surface area contributed by atoms with Crippen LogP contribution in [0.3, 0.4) is 0 Å². The number of rotatable bonds is 14. The molecular weight excluding hydrogens is 544 g/mol. The summed E-state index contributed by atoms with van der Waals surface area (Å²) < 4.78 is 39.3. The average molecular weight is 585 g/mol. The van der Waals surface area contributed by atoms with Gasteiger partial charge in [0.05, 0.1) is 17.2 Å². The maximum atomic E-state index is 13.3. The molecule has 3 rings (SSSR count). The van der Waals surface area contributed by atoms with Gasteiger partial charge in [0.2, 0.25) is 17.7 Å². The number of aromatic nitrogens is 1. The molecule has 0 bridgehead atoms. The number of nitrogens with one attached hydrogen (secondary N) is 2. The quantitative estimate of drug-likeness (QED) is 0.263. The number of hydrogen-bond acceptors (Lipinski definition) is 7. The third-order valence-corrected chi connectivity index (χ3v) is 8.19. The monoisotopic (exact) mass is 584 g/mol. The molecule has 0 aliphatic rings. The predicted octanol–water partition coefficient (Wildman–Crippen LogP) is 4.68. The molecule has 1 atom stereocenters. The zero-order chi connectivity index (χ0) is 30.2. The largest absolute Gasteiger partial charge is 0.383 e. The van der Waals surface area contributed by atoms with Crippen LogP contribution in [0.5, 0.6) is 0 Å². The van der Waals surface area contributed by atoms with E-state index >= 15 is 0 Å². The van der Waals surface area contributed by atoms with Crippen molar-refractivity contribution >= 4 is 27.7 Å². The van der Waals surface area contributed by atoms with Crippen LogP contribution in [-0.4, -0.2) is 56.6 Å². The summed E-state index contributed by atoms with van der Waals surface area (Å²) in [5.41, 5.74) is 3.23. The third-order valence-electron chi connectivity index (χ3n) is 6.80. The highest BCUT2D eigenvalue weighted by atomic mass is 32.2. The summed E-state index contributed by atoms with van der Waals surface area (Å²) in [6.07, 6.45) is 0.992. The highest BCUT2D eigenvalue weighted by Crippen LogP contribution is 2.30. The van der Waals surface area contributed by atoms with Gasteiger partial charge in [-0.1, -0.05) is 68.4 Å². The van der Waals surface area contributed by atoms with Crippen LogP contribution in [0.25, 0.3) is 11.1 Å². The molecule has 0 saturated carbocycles. The van der Waals surface area contributed by atoms with Crippen LogP contribution in [0.1, 0.15) is 50.4 Å². The van der Waals surface area contributed by atoms with Gasteiger partial charge in [0, 0.05) is 37.7 Å². The molecule has 1 heterocycles. The molecule has 0 aliphatic carbocycles. The van der Waals surface area contributed by atoms with E-state index in [1.165, 1.54) is 6.07 Å². The Bertz CT molecular complexity index is 1430. The van der Waals surface area contributed by atoms with E-state index in [-0.39, 0.29) is 35.1 Å². The Labute approximate surface area is 242 Å². The van der Waals surface area contributed by atoms with Crippen molar-refractivity contribution in [2.75, 3.05) is 25.0 Å². The van der Waals surface area contributed by atoms with Crippen molar-refractivity contribution in [3.8, 4) is 11.1 Å². The lowest BCUT2D eigenvalue weighted by atomic mass is 9.99. The fourth-order valence-corrected chi connectivity index (χ4v) is 5.78. The highest BCUT2D eigenvalue weighted by molar-refractivity contribution is 7.92. The summed E-state index contributed by atoms with van der Waals surface area (Å²) in [6, 6.07) is 13.4. The van der Waals surface area contributed by atoms with Gasteiger partial charge in [-0.25, -0.2) is 13.1 Å². The molecule has 10 nitrogen and oxygen atoms in total. The van der Waals surface area contributed by atoms with E-state index in [1.807, 2.05) is 45.0 Å². The van der Waals surface area contributed by atoms with E-state index in [0.717, 1.165) is 5.56 Å². The molecule has 3 aromatic rings. The van der Waals surface area contributed by atoms with Crippen LogP contribution >= 0.6 is 0 Å². The number of aryl methyl sites for hydroxylation is 1. The van der Waals surface area contributed by atoms with Gasteiger partial charge in [0.1, 0.15) is 6.04 Å². The van der Waals surface area contributed by atoms with Crippen molar-refractivity contribution in [2.45, 2.75) is 64.9 Å². The Hall–Kier alpha value is -3.70. The van der Waals surface area contributed by atoms with Gasteiger partial charge in [0.25, 0.3) is 10.0 Å². The fraction of sp³-hybridized carbons (Fsp3) is 0.433. The second kappa shape index (κ2) is 14.3. The minimum absolute atomic E-state index is 0.0791. The standard InChI is InChI=1S/C30H40N4O6S/c1-7-10-27(35)34(28(20(2)3)29(36)31-17-18-39-6)19-23-13-15-24(16-14-23)25-11-8-9-12-26(25)41(37,38)33-30-21(4)22(5)32-40-30/h8-9,11-16,20,28,33H,7,10,17-19H2,1-6H3,(H,31,36)/t28-/m0/s1. The van der Waals surface area contributed by atoms with Crippen molar-refractivity contribution in [1.82, 2.24) is 15.4 Å². The van der Waals surface area contributed by atoms with Crippen molar-refractivity contribution < 1.29 is 27.3 Å². The molecule has 0 radical (unpaired) electrons. The van der Waals surface area contributed by atoms with E-state index in [1.54, 1.807) is 44.1 Å². The van der Waals surface area contributed by atoms with Crippen LogP contribution < -0.4 is 10.0 Å². The normalized spacial score (nSPS) is 12.3. The number of benzene rings is 2.